The molecule has 1 aromatic carbocycles. The third kappa shape index (κ3) is 2.27. The van der Waals surface area contributed by atoms with Crippen LogP contribution in [0.3, 0.4) is 0 Å². The Kier molecular flexibility index (Phi) is 3.02. The zero-order valence-electron chi connectivity index (χ0n) is 6.23. The van der Waals surface area contributed by atoms with Crippen molar-refractivity contribution in [1.82, 2.24) is 0 Å². The highest BCUT2D eigenvalue weighted by Gasteiger charge is 2.11. The van der Waals surface area contributed by atoms with Crippen LogP contribution in [-0.4, -0.2) is 19.8 Å². The van der Waals surface area contributed by atoms with Gasteiger partial charge in [0.1, 0.15) is 0 Å². The number of carboxylic acid groups (broad SMARTS) is 1. The molecule has 0 aliphatic carbocycles. The molecule has 0 saturated carbocycles. The quantitative estimate of drug-likeness (QED) is 0.743. The molecule has 0 heterocycles. The van der Waals surface area contributed by atoms with Crippen LogP contribution >= 0.6 is 11.6 Å². The van der Waals surface area contributed by atoms with E-state index in [1.807, 2.05) is 0 Å². The number of hydrogen-bond acceptors (Lipinski definition) is 2. The summed E-state index contributed by atoms with van der Waals surface area (Å²) in [6.07, 6.45) is 0. The molecule has 0 radical (unpaired) electrons. The van der Waals surface area contributed by atoms with Crippen LogP contribution in [0.1, 0.15) is 10.4 Å². The van der Waals surface area contributed by atoms with Gasteiger partial charge in [0, 0.05) is 0 Å². The van der Waals surface area contributed by atoms with E-state index in [2.05, 4.69) is 0 Å². The lowest BCUT2D eigenvalue weighted by Crippen LogP contribution is -1.99. The van der Waals surface area contributed by atoms with Gasteiger partial charge in [0.05, 0.1) is 15.5 Å². The molecule has 1 aromatic rings. The van der Waals surface area contributed by atoms with E-state index in [1.54, 1.807) is 0 Å². The van der Waals surface area contributed by atoms with Crippen LogP contribution < -0.4 is 0 Å². The first-order chi connectivity index (χ1) is 6.02. The van der Waals surface area contributed by atoms with Crippen LogP contribution in [0.4, 0.5) is 0 Å². The largest absolute Gasteiger partial charge is 0.478 e. The van der Waals surface area contributed by atoms with Crippen molar-refractivity contribution in [3.63, 3.8) is 0 Å². The first-order valence-corrected chi connectivity index (χ1v) is 4.64. The third-order valence-electron chi connectivity index (χ3n) is 1.37. The Hall–Kier alpha value is -0.910. The van der Waals surface area contributed by atoms with Gasteiger partial charge in [-0.25, -0.2) is 9.00 Å². The van der Waals surface area contributed by atoms with Crippen LogP contribution in [-0.2, 0) is 11.1 Å². The van der Waals surface area contributed by atoms with E-state index in [0.717, 1.165) is 6.07 Å². The van der Waals surface area contributed by atoms with Gasteiger partial charge in [0.15, 0.2) is 11.1 Å². The molecule has 0 aromatic heterocycles. The molecular formula is C7H5ClO4S. The highest BCUT2D eigenvalue weighted by atomic mass is 35.5. The standard InChI is InChI=1S/C7H5ClO4S/c8-6-2-1-4(13(11)12)3-5(6)7(9)10/h1-3H,(H,9,10)(H,11,12). The van der Waals surface area contributed by atoms with E-state index in [0.29, 0.717) is 0 Å². The Morgan fingerprint density at radius 1 is 1.46 bits per heavy atom. The first-order valence-electron chi connectivity index (χ1n) is 3.16. The summed E-state index contributed by atoms with van der Waals surface area (Å²) >= 11 is 3.35. The molecule has 0 saturated heterocycles. The van der Waals surface area contributed by atoms with Gasteiger partial charge in [-0.05, 0) is 18.2 Å². The molecule has 1 rings (SSSR count). The Balaban J connectivity index is 3.27. The topological polar surface area (TPSA) is 74.6 Å². The average molecular weight is 221 g/mol. The van der Waals surface area contributed by atoms with Gasteiger partial charge in [-0.3, -0.25) is 0 Å². The van der Waals surface area contributed by atoms with Crippen molar-refractivity contribution in [1.29, 1.82) is 0 Å². The van der Waals surface area contributed by atoms with Gasteiger partial charge in [-0.1, -0.05) is 11.6 Å². The van der Waals surface area contributed by atoms with Gasteiger partial charge in [-0.15, -0.1) is 0 Å². The number of benzene rings is 1. The molecule has 70 valence electrons. The van der Waals surface area contributed by atoms with Crippen LogP contribution in [0, 0.1) is 0 Å². The molecule has 2 N–H and O–H groups in total. The third-order valence-corrected chi connectivity index (χ3v) is 2.36. The molecule has 1 unspecified atom stereocenters. The Bertz CT molecular complexity index is 377. The molecule has 0 spiro atoms. The number of hydrogen-bond donors (Lipinski definition) is 2. The summed E-state index contributed by atoms with van der Waals surface area (Å²) in [5.41, 5.74) is -0.179. The lowest BCUT2D eigenvalue weighted by atomic mass is 10.2. The lowest BCUT2D eigenvalue weighted by Gasteiger charge is -1.99. The van der Waals surface area contributed by atoms with Crippen molar-refractivity contribution >= 4 is 28.7 Å². The summed E-state index contributed by atoms with van der Waals surface area (Å²) in [6, 6.07) is 3.64. The number of carbonyl (C=O) groups is 1. The fourth-order valence-electron chi connectivity index (χ4n) is 0.777. The SMILES string of the molecule is O=C(O)c1cc(S(=O)O)ccc1Cl. The van der Waals surface area contributed by atoms with Crippen molar-refractivity contribution in [3.8, 4) is 0 Å². The van der Waals surface area contributed by atoms with Crippen molar-refractivity contribution in [2.24, 2.45) is 0 Å². The second-order valence-electron chi connectivity index (χ2n) is 2.20. The summed E-state index contributed by atoms with van der Waals surface area (Å²) < 4.78 is 19.2. The van der Waals surface area contributed by atoms with Gasteiger partial charge in [0.2, 0.25) is 0 Å². The zero-order chi connectivity index (χ0) is 10.0. The van der Waals surface area contributed by atoms with E-state index in [9.17, 15) is 9.00 Å². The normalized spacial score (nSPS) is 12.5. The van der Waals surface area contributed by atoms with Gasteiger partial charge in [0.25, 0.3) is 0 Å². The number of rotatable bonds is 2. The lowest BCUT2D eigenvalue weighted by molar-refractivity contribution is 0.0697. The van der Waals surface area contributed by atoms with Gasteiger partial charge >= 0.3 is 5.97 Å². The molecule has 13 heavy (non-hydrogen) atoms. The van der Waals surface area contributed by atoms with E-state index in [-0.39, 0.29) is 15.5 Å². The Morgan fingerprint density at radius 2 is 2.08 bits per heavy atom. The maximum atomic E-state index is 10.6. The van der Waals surface area contributed by atoms with Crippen molar-refractivity contribution in [2.45, 2.75) is 4.90 Å². The molecule has 1 atom stereocenters. The zero-order valence-corrected chi connectivity index (χ0v) is 7.80. The maximum absolute atomic E-state index is 10.6. The minimum atomic E-state index is -2.19. The van der Waals surface area contributed by atoms with E-state index in [1.165, 1.54) is 12.1 Å². The Morgan fingerprint density at radius 3 is 2.54 bits per heavy atom. The minimum Gasteiger partial charge on any atom is -0.478 e. The summed E-state index contributed by atoms with van der Waals surface area (Å²) in [5, 5.41) is 8.65. The van der Waals surface area contributed by atoms with Gasteiger partial charge < -0.3 is 9.66 Å². The van der Waals surface area contributed by atoms with E-state index in [4.69, 9.17) is 21.3 Å². The highest BCUT2D eigenvalue weighted by molar-refractivity contribution is 7.79. The van der Waals surface area contributed by atoms with E-state index >= 15 is 0 Å². The summed E-state index contributed by atoms with van der Waals surface area (Å²) in [6.45, 7) is 0. The molecule has 0 aliphatic rings. The molecule has 0 fully saturated rings. The predicted molar refractivity (Wildman–Crippen MR) is 47.4 cm³/mol. The number of carboxylic acids is 1. The fraction of sp³-hybridized carbons (Fsp3) is 0. The van der Waals surface area contributed by atoms with Crippen molar-refractivity contribution < 1.29 is 18.7 Å². The predicted octanol–water partition coefficient (Wildman–Crippen LogP) is 1.62. The van der Waals surface area contributed by atoms with Crippen LogP contribution in [0.25, 0.3) is 0 Å². The van der Waals surface area contributed by atoms with Crippen molar-refractivity contribution in [2.75, 3.05) is 0 Å². The molecule has 4 nitrogen and oxygen atoms in total. The molecule has 0 aliphatic heterocycles. The summed E-state index contributed by atoms with van der Waals surface area (Å²) in [7, 11) is 0. The maximum Gasteiger partial charge on any atom is 0.337 e. The second kappa shape index (κ2) is 3.87. The molecule has 0 amide bonds. The monoisotopic (exact) mass is 220 g/mol. The van der Waals surface area contributed by atoms with Crippen LogP contribution in [0.5, 0.6) is 0 Å². The highest BCUT2D eigenvalue weighted by Crippen LogP contribution is 2.18. The second-order valence-corrected chi connectivity index (χ2v) is 3.57. The molecule has 0 bridgehead atoms. The van der Waals surface area contributed by atoms with Gasteiger partial charge in [-0.2, -0.15) is 0 Å². The first kappa shape index (κ1) is 10.2. The van der Waals surface area contributed by atoms with E-state index < -0.39 is 17.0 Å². The number of halogens is 1. The van der Waals surface area contributed by atoms with Crippen LogP contribution in [0.2, 0.25) is 5.02 Å². The molecular weight excluding hydrogens is 216 g/mol. The Labute approximate surface area is 81.4 Å². The fourth-order valence-corrected chi connectivity index (χ4v) is 1.38. The van der Waals surface area contributed by atoms with Crippen molar-refractivity contribution in [3.05, 3.63) is 28.8 Å². The molecule has 6 heteroatoms. The average Bonchev–Trinajstić information content (AvgIpc) is 2.04. The smallest absolute Gasteiger partial charge is 0.337 e. The minimum absolute atomic E-state index is 0.0156. The van der Waals surface area contributed by atoms with Crippen LogP contribution in [0.15, 0.2) is 23.1 Å². The number of aromatic carboxylic acids is 1. The summed E-state index contributed by atoms with van der Waals surface area (Å²) in [4.78, 5) is 10.5. The summed E-state index contributed by atoms with van der Waals surface area (Å²) in [5.74, 6) is -1.22.